The predicted octanol–water partition coefficient (Wildman–Crippen LogP) is 1.57. The molecule has 1 aromatic heterocycles. The lowest BCUT2D eigenvalue weighted by molar-refractivity contribution is -0.130. The summed E-state index contributed by atoms with van der Waals surface area (Å²) in [6.45, 7) is 2.02. The fourth-order valence-electron chi connectivity index (χ4n) is 4.18. The van der Waals surface area contributed by atoms with Gasteiger partial charge in [-0.05, 0) is 37.5 Å². The molecular formula is C21H23FN6O3S. The molecule has 168 valence electrons. The topological polar surface area (TPSA) is 119 Å². The first-order valence-corrected chi connectivity index (χ1v) is 12.2. The molecule has 1 N–H and O–H groups in total. The van der Waals surface area contributed by atoms with Gasteiger partial charge in [-0.15, -0.1) is 0 Å². The molecule has 2 aromatic rings. The van der Waals surface area contributed by atoms with Crippen LogP contribution in [0.15, 0.2) is 35.5 Å². The highest BCUT2D eigenvalue weighted by molar-refractivity contribution is 7.90. The van der Waals surface area contributed by atoms with Gasteiger partial charge in [0.05, 0.1) is 23.0 Å². The number of carbonyl (C=O) groups excluding carboxylic acids is 1. The number of nitrogens with zero attached hydrogens (tertiary/aromatic N) is 5. The van der Waals surface area contributed by atoms with Crippen molar-refractivity contribution in [3.05, 3.63) is 42.1 Å². The molecule has 0 unspecified atom stereocenters. The summed E-state index contributed by atoms with van der Waals surface area (Å²) in [5, 5.41) is 11.8. The smallest absolute Gasteiger partial charge is 0.245 e. The van der Waals surface area contributed by atoms with E-state index in [1.165, 1.54) is 18.3 Å². The maximum absolute atomic E-state index is 14.4. The Bertz CT molecular complexity index is 1160. The predicted molar refractivity (Wildman–Crippen MR) is 115 cm³/mol. The molecule has 0 radical (unpaired) electrons. The van der Waals surface area contributed by atoms with Crippen molar-refractivity contribution in [3.63, 3.8) is 0 Å². The molecule has 0 bridgehead atoms. The van der Waals surface area contributed by atoms with E-state index in [0.29, 0.717) is 31.9 Å². The van der Waals surface area contributed by atoms with E-state index in [0.717, 1.165) is 25.2 Å². The van der Waals surface area contributed by atoms with Crippen molar-refractivity contribution >= 4 is 27.2 Å². The number of hydrogen-bond acceptors (Lipinski definition) is 8. The van der Waals surface area contributed by atoms with Crippen molar-refractivity contribution in [1.29, 1.82) is 5.26 Å². The second-order valence-electron chi connectivity index (χ2n) is 8.02. The van der Waals surface area contributed by atoms with Gasteiger partial charge in [0.2, 0.25) is 5.91 Å². The van der Waals surface area contributed by atoms with Crippen LogP contribution < -0.4 is 10.2 Å². The molecule has 1 aromatic carbocycles. The lowest BCUT2D eigenvalue weighted by Crippen LogP contribution is -2.47. The van der Waals surface area contributed by atoms with Crippen LogP contribution in [-0.2, 0) is 14.6 Å². The van der Waals surface area contributed by atoms with Gasteiger partial charge in [-0.1, -0.05) is 0 Å². The van der Waals surface area contributed by atoms with E-state index in [1.54, 1.807) is 6.20 Å². The number of likely N-dealkylation sites (tertiary alicyclic amines) is 1. The van der Waals surface area contributed by atoms with Gasteiger partial charge >= 0.3 is 0 Å². The molecule has 3 heterocycles. The number of rotatable bonds is 5. The molecule has 1 amide bonds. The molecule has 2 aliphatic heterocycles. The molecule has 2 aliphatic rings. The quantitative estimate of drug-likeness (QED) is 0.717. The van der Waals surface area contributed by atoms with Gasteiger partial charge in [0.15, 0.2) is 15.5 Å². The maximum atomic E-state index is 14.4. The molecule has 4 rings (SSSR count). The SMILES string of the molecule is CS(=O)(=O)c1ccc(N[C@H]2CCN(C3CCN(c4cnc(C#N)cn4)CC3)C2=O)c(F)c1. The van der Waals surface area contributed by atoms with Crippen molar-refractivity contribution in [2.45, 2.75) is 36.2 Å². The van der Waals surface area contributed by atoms with E-state index in [2.05, 4.69) is 20.2 Å². The van der Waals surface area contributed by atoms with Crippen molar-refractivity contribution < 1.29 is 17.6 Å². The summed E-state index contributed by atoms with van der Waals surface area (Å²) in [7, 11) is -3.50. The van der Waals surface area contributed by atoms with Gasteiger partial charge in [-0.25, -0.2) is 22.8 Å². The summed E-state index contributed by atoms with van der Waals surface area (Å²) in [5.74, 6) is -0.0630. The molecular weight excluding hydrogens is 435 g/mol. The van der Waals surface area contributed by atoms with Crippen LogP contribution in [0.5, 0.6) is 0 Å². The second kappa shape index (κ2) is 8.70. The van der Waals surface area contributed by atoms with Crippen LogP contribution in [0.4, 0.5) is 15.9 Å². The van der Waals surface area contributed by atoms with Crippen LogP contribution in [0.3, 0.4) is 0 Å². The minimum Gasteiger partial charge on any atom is -0.371 e. The Morgan fingerprint density at radius 1 is 1.16 bits per heavy atom. The molecule has 2 saturated heterocycles. The van der Waals surface area contributed by atoms with Gasteiger partial charge in [0.25, 0.3) is 0 Å². The van der Waals surface area contributed by atoms with Crippen LogP contribution in [0.1, 0.15) is 25.0 Å². The van der Waals surface area contributed by atoms with E-state index in [-0.39, 0.29) is 28.2 Å². The van der Waals surface area contributed by atoms with Crippen molar-refractivity contribution in [2.75, 3.05) is 36.1 Å². The molecule has 1 atom stereocenters. The molecule has 32 heavy (non-hydrogen) atoms. The fraction of sp³-hybridized carbons (Fsp3) is 0.429. The average Bonchev–Trinajstić information content (AvgIpc) is 3.14. The van der Waals surface area contributed by atoms with Crippen molar-refractivity contribution in [1.82, 2.24) is 14.9 Å². The third-order valence-corrected chi connectivity index (χ3v) is 7.03. The standard InChI is InChI=1S/C21H23FN6O3S/c1-32(30,31)16-2-3-18(17(22)10-16)26-19-6-9-28(21(19)29)15-4-7-27(8-5-15)20-13-24-14(11-23)12-25-20/h2-3,10,12-13,15,19,26H,4-9H2,1H3/t19-/m0/s1. The summed E-state index contributed by atoms with van der Waals surface area (Å²) in [6, 6.07) is 5.16. The Labute approximate surface area is 185 Å². The molecule has 2 fully saturated rings. The molecule has 9 nitrogen and oxygen atoms in total. The van der Waals surface area contributed by atoms with Gasteiger partial charge in [0.1, 0.15) is 23.7 Å². The Balaban J connectivity index is 1.35. The highest BCUT2D eigenvalue weighted by Crippen LogP contribution is 2.27. The normalized spacial score (nSPS) is 19.8. The summed E-state index contributed by atoms with van der Waals surface area (Å²) in [4.78, 5) is 25.1. The second-order valence-corrected chi connectivity index (χ2v) is 10.0. The number of anilines is 2. The summed E-state index contributed by atoms with van der Waals surface area (Å²) >= 11 is 0. The van der Waals surface area contributed by atoms with Crippen LogP contribution in [-0.4, -0.2) is 67.2 Å². The van der Waals surface area contributed by atoms with Gasteiger partial charge in [-0.3, -0.25) is 4.79 Å². The number of nitriles is 1. The Hall–Kier alpha value is -3.26. The largest absolute Gasteiger partial charge is 0.371 e. The number of benzene rings is 1. The van der Waals surface area contributed by atoms with Crippen molar-refractivity contribution in [2.24, 2.45) is 0 Å². The zero-order valence-corrected chi connectivity index (χ0v) is 18.3. The molecule has 11 heteroatoms. The summed E-state index contributed by atoms with van der Waals surface area (Å²) in [5.41, 5.74) is 0.388. The molecule has 0 saturated carbocycles. The number of piperidine rings is 1. The van der Waals surface area contributed by atoms with E-state index >= 15 is 0 Å². The van der Waals surface area contributed by atoms with Crippen LogP contribution in [0, 0.1) is 17.1 Å². The number of carbonyl (C=O) groups is 1. The monoisotopic (exact) mass is 458 g/mol. The first-order valence-electron chi connectivity index (χ1n) is 10.3. The van der Waals surface area contributed by atoms with Crippen LogP contribution >= 0.6 is 0 Å². The fourth-order valence-corrected chi connectivity index (χ4v) is 4.81. The van der Waals surface area contributed by atoms with E-state index in [4.69, 9.17) is 5.26 Å². The van der Waals surface area contributed by atoms with E-state index in [9.17, 15) is 17.6 Å². The Morgan fingerprint density at radius 2 is 1.91 bits per heavy atom. The zero-order chi connectivity index (χ0) is 22.9. The third-order valence-electron chi connectivity index (χ3n) is 5.92. The number of sulfone groups is 1. The van der Waals surface area contributed by atoms with E-state index in [1.807, 2.05) is 11.0 Å². The number of hydrogen-bond donors (Lipinski definition) is 1. The zero-order valence-electron chi connectivity index (χ0n) is 17.5. The highest BCUT2D eigenvalue weighted by Gasteiger charge is 2.37. The lowest BCUT2D eigenvalue weighted by Gasteiger charge is -2.37. The van der Waals surface area contributed by atoms with Gasteiger partial charge in [0, 0.05) is 31.9 Å². The minimum absolute atomic E-state index is 0.0757. The molecule has 0 aliphatic carbocycles. The minimum atomic E-state index is -3.50. The van der Waals surface area contributed by atoms with Crippen molar-refractivity contribution in [3.8, 4) is 6.07 Å². The summed E-state index contributed by atoms with van der Waals surface area (Å²) < 4.78 is 37.5. The first-order chi connectivity index (χ1) is 15.3. The van der Waals surface area contributed by atoms with Crippen LogP contribution in [0.2, 0.25) is 0 Å². The number of nitrogens with one attached hydrogen (secondary N) is 1. The van der Waals surface area contributed by atoms with Gasteiger partial charge in [-0.2, -0.15) is 5.26 Å². The number of aromatic nitrogens is 2. The Kier molecular flexibility index (Phi) is 5.97. The highest BCUT2D eigenvalue weighted by atomic mass is 32.2. The van der Waals surface area contributed by atoms with Gasteiger partial charge < -0.3 is 15.1 Å². The summed E-state index contributed by atoms with van der Waals surface area (Å²) in [6.07, 6.45) is 6.15. The number of amides is 1. The lowest BCUT2D eigenvalue weighted by atomic mass is 10.0. The third kappa shape index (κ3) is 4.50. The van der Waals surface area contributed by atoms with Crippen LogP contribution in [0.25, 0.3) is 0 Å². The average molecular weight is 459 g/mol. The van der Waals surface area contributed by atoms with E-state index < -0.39 is 21.7 Å². The number of halogens is 1. The molecule has 0 spiro atoms. The Morgan fingerprint density at radius 3 is 2.50 bits per heavy atom. The maximum Gasteiger partial charge on any atom is 0.245 e. The first kappa shape index (κ1) is 22.0.